The molecule has 1 N–H and O–H groups in total. The number of carbonyl (C=O) groups is 2. The van der Waals surface area contributed by atoms with Crippen LogP contribution in [0.3, 0.4) is 0 Å². The number of carbonyl (C=O) groups excluding carboxylic acids is 1. The van der Waals surface area contributed by atoms with Gasteiger partial charge in [-0.15, -0.1) is 0 Å². The van der Waals surface area contributed by atoms with Crippen molar-refractivity contribution in [3.63, 3.8) is 0 Å². The summed E-state index contributed by atoms with van der Waals surface area (Å²) >= 11 is 0. The zero-order valence-corrected chi connectivity index (χ0v) is 11.7. The molecule has 0 saturated carbocycles. The Bertz CT molecular complexity index is 317. The number of hydrogen-bond donors (Lipinski definition) is 1. The minimum absolute atomic E-state index is 0.00182. The Hall–Kier alpha value is -1.26. The van der Waals surface area contributed by atoms with Crippen LogP contribution in [-0.2, 0) is 4.79 Å². The van der Waals surface area contributed by atoms with Gasteiger partial charge in [-0.05, 0) is 25.7 Å². The van der Waals surface area contributed by atoms with E-state index in [4.69, 9.17) is 5.11 Å². The molecule has 1 rings (SSSR count). The van der Waals surface area contributed by atoms with Crippen molar-refractivity contribution in [3.8, 4) is 0 Å². The van der Waals surface area contributed by atoms with Crippen LogP contribution in [0.25, 0.3) is 0 Å². The van der Waals surface area contributed by atoms with E-state index in [1.807, 2.05) is 6.92 Å². The summed E-state index contributed by atoms with van der Waals surface area (Å²) in [6.07, 6.45) is 1.11. The fraction of sp³-hybridized carbons (Fsp3) is 0.846. The van der Waals surface area contributed by atoms with Crippen molar-refractivity contribution in [1.82, 2.24) is 9.80 Å². The Labute approximate surface area is 109 Å². The molecule has 2 unspecified atom stereocenters. The maximum atomic E-state index is 12.2. The second kappa shape index (κ2) is 6.07. The number of carboxylic acids is 1. The largest absolute Gasteiger partial charge is 0.481 e. The van der Waals surface area contributed by atoms with Crippen LogP contribution in [0.15, 0.2) is 0 Å². The molecule has 104 valence electrons. The van der Waals surface area contributed by atoms with Gasteiger partial charge in [-0.2, -0.15) is 0 Å². The van der Waals surface area contributed by atoms with Gasteiger partial charge in [0.15, 0.2) is 0 Å². The summed E-state index contributed by atoms with van der Waals surface area (Å²) in [6, 6.07) is 0.0157. The molecule has 18 heavy (non-hydrogen) atoms. The van der Waals surface area contributed by atoms with Gasteiger partial charge in [0, 0.05) is 26.2 Å². The van der Waals surface area contributed by atoms with E-state index in [9.17, 15) is 9.59 Å². The maximum Gasteiger partial charge on any atom is 0.319 e. The van der Waals surface area contributed by atoms with E-state index >= 15 is 0 Å². The summed E-state index contributed by atoms with van der Waals surface area (Å²) in [5.74, 6) is -0.616. The maximum absolute atomic E-state index is 12.2. The average Bonchev–Trinajstić information content (AvgIpc) is 2.26. The van der Waals surface area contributed by atoms with E-state index in [0.29, 0.717) is 25.3 Å². The average molecular weight is 256 g/mol. The van der Waals surface area contributed by atoms with Crippen LogP contribution >= 0.6 is 0 Å². The van der Waals surface area contributed by atoms with Gasteiger partial charge in [0.05, 0.1) is 5.92 Å². The molecule has 1 aliphatic heterocycles. The van der Waals surface area contributed by atoms with Crippen LogP contribution in [-0.4, -0.2) is 53.1 Å². The van der Waals surface area contributed by atoms with Gasteiger partial charge in [0.1, 0.15) is 0 Å². The number of hydrogen-bond acceptors (Lipinski definition) is 2. The lowest BCUT2D eigenvalue weighted by Gasteiger charge is -2.38. The number of piperidine rings is 1. The highest BCUT2D eigenvalue weighted by atomic mass is 16.4. The number of amides is 2. The molecular weight excluding hydrogens is 232 g/mol. The summed E-state index contributed by atoms with van der Waals surface area (Å²) < 4.78 is 0. The Balaban J connectivity index is 2.58. The monoisotopic (exact) mass is 256 g/mol. The smallest absolute Gasteiger partial charge is 0.319 e. The predicted molar refractivity (Wildman–Crippen MR) is 69.4 cm³/mol. The molecule has 0 aromatic carbocycles. The molecule has 0 radical (unpaired) electrons. The molecule has 1 saturated heterocycles. The van der Waals surface area contributed by atoms with Crippen molar-refractivity contribution >= 4 is 12.0 Å². The summed E-state index contributed by atoms with van der Waals surface area (Å²) in [4.78, 5) is 26.7. The van der Waals surface area contributed by atoms with Crippen molar-refractivity contribution in [2.75, 3.05) is 20.1 Å². The topological polar surface area (TPSA) is 60.9 Å². The molecule has 5 nitrogen and oxygen atoms in total. The van der Waals surface area contributed by atoms with E-state index in [1.165, 1.54) is 0 Å². The molecule has 0 aliphatic carbocycles. The molecule has 1 aliphatic rings. The Kier molecular flexibility index (Phi) is 4.99. The number of urea groups is 1. The second-order valence-electron chi connectivity index (χ2n) is 5.66. The molecule has 0 bridgehead atoms. The standard InChI is InChI=1S/C13H24N2O3/c1-9(2)8-14(4)13(18)15-6-5-11(12(16)17)7-10(15)3/h9-11H,5-8H2,1-4H3,(H,16,17). The van der Waals surface area contributed by atoms with Crippen molar-refractivity contribution < 1.29 is 14.7 Å². The highest BCUT2D eigenvalue weighted by molar-refractivity contribution is 5.75. The van der Waals surface area contributed by atoms with Gasteiger partial charge >= 0.3 is 12.0 Å². The highest BCUT2D eigenvalue weighted by Gasteiger charge is 2.33. The molecule has 2 atom stereocenters. The zero-order chi connectivity index (χ0) is 13.9. The summed E-state index contributed by atoms with van der Waals surface area (Å²) in [5, 5.41) is 9.00. The number of carboxylic acid groups (broad SMARTS) is 1. The summed E-state index contributed by atoms with van der Waals surface area (Å²) in [7, 11) is 1.80. The quantitative estimate of drug-likeness (QED) is 0.838. The number of likely N-dealkylation sites (tertiary alicyclic amines) is 1. The molecule has 0 aromatic heterocycles. The lowest BCUT2D eigenvalue weighted by molar-refractivity contribution is -0.143. The molecule has 1 heterocycles. The number of rotatable bonds is 3. The molecule has 0 aromatic rings. The van der Waals surface area contributed by atoms with Crippen molar-refractivity contribution in [3.05, 3.63) is 0 Å². The zero-order valence-electron chi connectivity index (χ0n) is 11.7. The van der Waals surface area contributed by atoms with Crippen LogP contribution in [0.5, 0.6) is 0 Å². The van der Waals surface area contributed by atoms with E-state index in [-0.39, 0.29) is 18.0 Å². The van der Waals surface area contributed by atoms with Gasteiger partial charge in [0.25, 0.3) is 0 Å². The number of aliphatic carboxylic acids is 1. The first-order chi connectivity index (χ1) is 8.32. The Morgan fingerprint density at radius 3 is 2.50 bits per heavy atom. The van der Waals surface area contributed by atoms with Crippen molar-refractivity contribution in [2.45, 2.75) is 39.7 Å². The Morgan fingerprint density at radius 2 is 2.06 bits per heavy atom. The first kappa shape index (κ1) is 14.8. The van der Waals surface area contributed by atoms with Crippen LogP contribution in [0, 0.1) is 11.8 Å². The van der Waals surface area contributed by atoms with Crippen LogP contribution in [0.1, 0.15) is 33.6 Å². The normalized spacial score (nSPS) is 24.2. The van der Waals surface area contributed by atoms with Gasteiger partial charge in [0.2, 0.25) is 0 Å². The second-order valence-corrected chi connectivity index (χ2v) is 5.66. The fourth-order valence-electron chi connectivity index (χ4n) is 2.53. The van der Waals surface area contributed by atoms with Crippen LogP contribution in [0.2, 0.25) is 0 Å². The van der Waals surface area contributed by atoms with Gasteiger partial charge < -0.3 is 14.9 Å². The van der Waals surface area contributed by atoms with Gasteiger partial charge in [-0.1, -0.05) is 13.8 Å². The minimum atomic E-state index is -0.746. The lowest BCUT2D eigenvalue weighted by Crippen LogP contribution is -2.51. The summed E-state index contributed by atoms with van der Waals surface area (Å²) in [6.45, 7) is 7.34. The third-order valence-corrected chi connectivity index (χ3v) is 3.44. The van der Waals surface area contributed by atoms with Gasteiger partial charge in [-0.3, -0.25) is 4.79 Å². The molecule has 1 fully saturated rings. The van der Waals surface area contributed by atoms with E-state index < -0.39 is 5.97 Å². The van der Waals surface area contributed by atoms with Crippen LogP contribution < -0.4 is 0 Å². The predicted octanol–water partition coefficient (Wildman–Crippen LogP) is 1.88. The molecule has 0 spiro atoms. The number of nitrogens with zero attached hydrogens (tertiary/aromatic N) is 2. The SMILES string of the molecule is CC(C)CN(C)C(=O)N1CCC(C(=O)O)CC1C. The minimum Gasteiger partial charge on any atom is -0.481 e. The Morgan fingerprint density at radius 1 is 1.44 bits per heavy atom. The van der Waals surface area contributed by atoms with Crippen LogP contribution in [0.4, 0.5) is 4.79 Å². The highest BCUT2D eigenvalue weighted by Crippen LogP contribution is 2.23. The third-order valence-electron chi connectivity index (χ3n) is 3.44. The molecule has 5 heteroatoms. The van der Waals surface area contributed by atoms with E-state index in [2.05, 4.69) is 13.8 Å². The van der Waals surface area contributed by atoms with E-state index in [0.717, 1.165) is 6.54 Å². The first-order valence-electron chi connectivity index (χ1n) is 6.57. The molecule has 2 amide bonds. The fourth-order valence-corrected chi connectivity index (χ4v) is 2.53. The molecular formula is C13H24N2O3. The lowest BCUT2D eigenvalue weighted by atomic mass is 9.92. The third kappa shape index (κ3) is 3.62. The van der Waals surface area contributed by atoms with Crippen molar-refractivity contribution in [2.24, 2.45) is 11.8 Å². The van der Waals surface area contributed by atoms with E-state index in [1.54, 1.807) is 16.8 Å². The summed E-state index contributed by atoms with van der Waals surface area (Å²) in [5.41, 5.74) is 0. The van der Waals surface area contributed by atoms with Gasteiger partial charge in [-0.25, -0.2) is 4.79 Å². The first-order valence-corrected chi connectivity index (χ1v) is 6.57. The van der Waals surface area contributed by atoms with Crippen molar-refractivity contribution in [1.29, 1.82) is 0 Å².